The number of fused-ring (bicyclic) bond motifs is 1. The summed E-state index contributed by atoms with van der Waals surface area (Å²) in [6, 6.07) is 6.03. The number of nitrogens with one attached hydrogen (secondary N) is 1. The van der Waals surface area contributed by atoms with Gasteiger partial charge in [0.15, 0.2) is 0 Å². The summed E-state index contributed by atoms with van der Waals surface area (Å²) in [5.74, 6) is 1.01. The van der Waals surface area contributed by atoms with E-state index in [1.165, 1.54) is 22.3 Å². The zero-order valence-electron chi connectivity index (χ0n) is 14.9. The average Bonchev–Trinajstić information content (AvgIpc) is 2.95. The van der Waals surface area contributed by atoms with Gasteiger partial charge in [-0.2, -0.15) is 5.26 Å². The van der Waals surface area contributed by atoms with Gasteiger partial charge in [-0.1, -0.05) is 22.9 Å². The Morgan fingerprint density at radius 3 is 2.93 bits per heavy atom. The monoisotopic (exact) mass is 508 g/mol. The van der Waals surface area contributed by atoms with E-state index in [2.05, 4.69) is 50.2 Å². The first-order valence-electron chi connectivity index (χ1n) is 8.49. The Morgan fingerprint density at radius 2 is 2.22 bits per heavy atom. The molecule has 0 bridgehead atoms. The van der Waals surface area contributed by atoms with Crippen molar-refractivity contribution < 1.29 is 9.53 Å². The van der Waals surface area contributed by atoms with E-state index in [0.29, 0.717) is 22.2 Å². The minimum Gasteiger partial charge on any atom is -0.495 e. The van der Waals surface area contributed by atoms with E-state index in [1.807, 2.05) is 12.1 Å². The molecular formula is C20H18Br2N2O2S. The number of amides is 1. The largest absolute Gasteiger partial charge is 0.495 e. The van der Waals surface area contributed by atoms with E-state index in [9.17, 15) is 10.1 Å². The molecule has 0 saturated heterocycles. The normalized spacial score (nSPS) is 16.0. The van der Waals surface area contributed by atoms with Gasteiger partial charge in [0, 0.05) is 21.0 Å². The molecule has 1 aromatic carbocycles. The van der Waals surface area contributed by atoms with Gasteiger partial charge in [0.25, 0.3) is 0 Å². The van der Waals surface area contributed by atoms with Crippen molar-refractivity contribution in [3.8, 4) is 11.8 Å². The molecule has 2 aromatic rings. The van der Waals surface area contributed by atoms with Crippen LogP contribution in [0.25, 0.3) is 6.08 Å². The third-order valence-electron chi connectivity index (χ3n) is 4.52. The van der Waals surface area contributed by atoms with Gasteiger partial charge in [-0.05, 0) is 64.9 Å². The predicted molar refractivity (Wildman–Crippen MR) is 116 cm³/mol. The van der Waals surface area contributed by atoms with Gasteiger partial charge in [0.05, 0.1) is 17.1 Å². The Morgan fingerprint density at radius 1 is 1.44 bits per heavy atom. The van der Waals surface area contributed by atoms with Gasteiger partial charge in [0.1, 0.15) is 16.8 Å². The number of benzene rings is 1. The molecule has 7 heteroatoms. The van der Waals surface area contributed by atoms with Crippen molar-refractivity contribution in [3.05, 3.63) is 48.7 Å². The van der Waals surface area contributed by atoms with E-state index in [1.54, 1.807) is 13.2 Å². The molecule has 1 unspecified atom stereocenters. The number of methoxy groups -OCH3 is 1. The fraction of sp³-hybridized carbons (Fsp3) is 0.300. The summed E-state index contributed by atoms with van der Waals surface area (Å²) in [5, 5.41) is 13.1. The number of rotatable bonds is 4. The summed E-state index contributed by atoms with van der Waals surface area (Å²) in [7, 11) is 1.59. The third-order valence-corrected chi connectivity index (χ3v) is 6.73. The molecule has 0 aliphatic heterocycles. The molecule has 0 fully saturated rings. The fourth-order valence-corrected chi connectivity index (χ4v) is 5.98. The van der Waals surface area contributed by atoms with Gasteiger partial charge in [-0.25, -0.2) is 0 Å². The van der Waals surface area contributed by atoms with Crippen molar-refractivity contribution in [3.63, 3.8) is 0 Å². The lowest BCUT2D eigenvalue weighted by atomic mass is 9.89. The second-order valence-electron chi connectivity index (χ2n) is 6.50. The van der Waals surface area contributed by atoms with Crippen LogP contribution in [-0.4, -0.2) is 13.0 Å². The third kappa shape index (κ3) is 4.45. The first-order chi connectivity index (χ1) is 12.9. The van der Waals surface area contributed by atoms with Crippen molar-refractivity contribution in [2.24, 2.45) is 5.92 Å². The van der Waals surface area contributed by atoms with Gasteiger partial charge in [-0.3, -0.25) is 4.79 Å². The van der Waals surface area contributed by atoms with Crippen LogP contribution in [0.4, 0.5) is 5.00 Å². The van der Waals surface area contributed by atoms with Crippen LogP contribution in [0.5, 0.6) is 5.75 Å². The molecule has 1 aliphatic rings. The number of hydrogen-bond acceptors (Lipinski definition) is 4. The van der Waals surface area contributed by atoms with E-state index >= 15 is 0 Å². The van der Waals surface area contributed by atoms with Crippen molar-refractivity contribution in [1.82, 2.24) is 0 Å². The van der Waals surface area contributed by atoms with Crippen molar-refractivity contribution in [2.75, 3.05) is 12.4 Å². The molecule has 1 N–H and O–H groups in total. The zero-order chi connectivity index (χ0) is 19.6. The summed E-state index contributed by atoms with van der Waals surface area (Å²) in [5.41, 5.74) is 2.50. The lowest BCUT2D eigenvalue weighted by Gasteiger charge is -2.17. The minimum absolute atomic E-state index is 0.267. The summed E-state index contributed by atoms with van der Waals surface area (Å²) >= 11 is 8.41. The second-order valence-corrected chi connectivity index (χ2v) is 9.38. The van der Waals surface area contributed by atoms with Crippen LogP contribution < -0.4 is 10.1 Å². The predicted octanol–water partition coefficient (Wildman–Crippen LogP) is 5.93. The number of ether oxygens (including phenoxy) is 1. The molecule has 0 saturated carbocycles. The van der Waals surface area contributed by atoms with Crippen LogP contribution in [0.1, 0.15) is 34.9 Å². The molecule has 4 nitrogen and oxygen atoms in total. The highest BCUT2D eigenvalue weighted by atomic mass is 79.9. The number of nitriles is 1. The highest BCUT2D eigenvalue weighted by molar-refractivity contribution is 9.11. The average molecular weight is 510 g/mol. The Balaban J connectivity index is 1.81. The summed E-state index contributed by atoms with van der Waals surface area (Å²) in [4.78, 5) is 13.7. The summed E-state index contributed by atoms with van der Waals surface area (Å²) in [6.07, 6.45) is 6.13. The molecule has 1 aromatic heterocycles. The summed E-state index contributed by atoms with van der Waals surface area (Å²) < 4.78 is 7.07. The van der Waals surface area contributed by atoms with Crippen LogP contribution in [-0.2, 0) is 17.6 Å². The standard InChI is InChI=1S/C20H18Br2N2O2S/c1-11-3-5-14-15(10-23)20(27-17(14)7-11)24-18(25)6-4-12-8-13(21)9-16(22)19(12)26-2/h4,6,8-9,11H,3,5,7H2,1-2H3,(H,24,25)/b6-4+. The summed E-state index contributed by atoms with van der Waals surface area (Å²) in [6.45, 7) is 2.22. The van der Waals surface area contributed by atoms with Gasteiger partial charge < -0.3 is 10.1 Å². The first-order valence-corrected chi connectivity index (χ1v) is 10.9. The Labute approximate surface area is 179 Å². The van der Waals surface area contributed by atoms with Crippen LogP contribution in [0.2, 0.25) is 0 Å². The van der Waals surface area contributed by atoms with E-state index < -0.39 is 0 Å². The van der Waals surface area contributed by atoms with Crippen LogP contribution in [0.15, 0.2) is 27.2 Å². The maximum Gasteiger partial charge on any atom is 0.249 e. The topological polar surface area (TPSA) is 62.1 Å². The highest BCUT2D eigenvalue weighted by Gasteiger charge is 2.24. The number of carbonyl (C=O) groups excluding carboxylic acids is 1. The van der Waals surface area contributed by atoms with E-state index in [-0.39, 0.29) is 5.91 Å². The van der Waals surface area contributed by atoms with Crippen molar-refractivity contribution >= 4 is 60.2 Å². The maximum absolute atomic E-state index is 12.4. The lowest BCUT2D eigenvalue weighted by molar-refractivity contribution is -0.111. The number of hydrogen-bond donors (Lipinski definition) is 1. The minimum atomic E-state index is -0.267. The fourth-order valence-electron chi connectivity index (χ4n) is 3.20. The zero-order valence-corrected chi connectivity index (χ0v) is 18.9. The molecule has 0 spiro atoms. The second kappa shape index (κ2) is 8.59. The van der Waals surface area contributed by atoms with Crippen LogP contribution in [0, 0.1) is 17.2 Å². The van der Waals surface area contributed by atoms with Crippen molar-refractivity contribution in [1.29, 1.82) is 5.26 Å². The Bertz CT molecular complexity index is 960. The molecule has 1 heterocycles. The lowest BCUT2D eigenvalue weighted by Crippen LogP contribution is -2.10. The molecule has 27 heavy (non-hydrogen) atoms. The highest BCUT2D eigenvalue weighted by Crippen LogP contribution is 2.39. The maximum atomic E-state index is 12.4. The number of nitrogens with zero attached hydrogens (tertiary/aromatic N) is 1. The molecule has 0 radical (unpaired) electrons. The molecule has 1 amide bonds. The first kappa shape index (κ1) is 20.1. The van der Waals surface area contributed by atoms with Crippen LogP contribution >= 0.6 is 43.2 Å². The Kier molecular flexibility index (Phi) is 6.40. The molecule has 1 atom stereocenters. The van der Waals surface area contributed by atoms with Gasteiger partial charge in [0.2, 0.25) is 5.91 Å². The number of anilines is 1. The molecule has 1 aliphatic carbocycles. The number of halogens is 2. The van der Waals surface area contributed by atoms with E-state index in [4.69, 9.17) is 4.74 Å². The number of thiophene rings is 1. The van der Waals surface area contributed by atoms with Gasteiger partial charge in [-0.15, -0.1) is 11.3 Å². The SMILES string of the molecule is COc1c(Br)cc(Br)cc1/C=C/C(=O)Nc1sc2c(c1C#N)CCC(C)C2. The van der Waals surface area contributed by atoms with Crippen molar-refractivity contribution in [2.45, 2.75) is 26.2 Å². The molecule has 3 rings (SSSR count). The smallest absolute Gasteiger partial charge is 0.249 e. The molecular weight excluding hydrogens is 492 g/mol. The van der Waals surface area contributed by atoms with Gasteiger partial charge >= 0.3 is 0 Å². The Hall–Kier alpha value is -1.62. The van der Waals surface area contributed by atoms with Crippen LogP contribution in [0.3, 0.4) is 0 Å². The molecule has 140 valence electrons. The quantitative estimate of drug-likeness (QED) is 0.519. The van der Waals surface area contributed by atoms with E-state index in [0.717, 1.165) is 39.3 Å². The number of carbonyl (C=O) groups is 1.